The molecule has 0 saturated carbocycles. The van der Waals surface area contributed by atoms with Crippen LogP contribution in [-0.2, 0) is 0 Å². The minimum absolute atomic E-state index is 0.911. The fourth-order valence-electron chi connectivity index (χ4n) is 7.70. The molecule has 0 aliphatic carbocycles. The monoisotopic (exact) mass is 588 g/mol. The van der Waals surface area contributed by atoms with Gasteiger partial charge in [-0.15, -0.1) is 0 Å². The summed E-state index contributed by atoms with van der Waals surface area (Å²) in [6.07, 6.45) is 0. The first-order chi connectivity index (χ1) is 22.8. The molecule has 11 aromatic rings. The molecule has 0 atom stereocenters. The SMILES string of the molecule is c1cc(-n2c3ccccc3c3cc4oc5ccccc5c4cc32)cc(-n2c3ccccc3c3cc4oc5ccccc5c4cc32)c1. The first kappa shape index (κ1) is 24.1. The van der Waals surface area contributed by atoms with Crippen LogP contribution in [0.15, 0.2) is 154 Å². The first-order valence-electron chi connectivity index (χ1n) is 15.6. The van der Waals surface area contributed by atoms with Crippen LogP contribution in [-0.4, -0.2) is 9.13 Å². The molecule has 4 nitrogen and oxygen atoms in total. The molecule has 0 aliphatic heterocycles. The largest absolute Gasteiger partial charge is 0.456 e. The topological polar surface area (TPSA) is 36.1 Å². The third kappa shape index (κ3) is 3.12. The lowest BCUT2D eigenvalue weighted by Gasteiger charge is -2.13. The molecule has 0 radical (unpaired) electrons. The van der Waals surface area contributed by atoms with Gasteiger partial charge in [-0.1, -0.05) is 78.9 Å². The van der Waals surface area contributed by atoms with E-state index in [1.165, 1.54) is 32.6 Å². The number of hydrogen-bond donors (Lipinski definition) is 0. The van der Waals surface area contributed by atoms with Crippen molar-refractivity contribution in [2.24, 2.45) is 0 Å². The molecule has 11 rings (SSSR count). The van der Waals surface area contributed by atoms with E-state index >= 15 is 0 Å². The third-order valence-corrected chi connectivity index (χ3v) is 9.69. The van der Waals surface area contributed by atoms with Crippen molar-refractivity contribution < 1.29 is 8.83 Å². The molecule has 7 aromatic carbocycles. The highest BCUT2D eigenvalue weighted by Gasteiger charge is 2.19. The van der Waals surface area contributed by atoms with E-state index in [4.69, 9.17) is 8.83 Å². The van der Waals surface area contributed by atoms with Crippen molar-refractivity contribution in [1.29, 1.82) is 0 Å². The van der Waals surface area contributed by atoms with Gasteiger partial charge in [0, 0.05) is 54.5 Å². The van der Waals surface area contributed by atoms with E-state index in [0.717, 1.165) is 66.3 Å². The van der Waals surface area contributed by atoms with Crippen molar-refractivity contribution in [3.8, 4) is 11.4 Å². The quantitative estimate of drug-likeness (QED) is 0.201. The highest BCUT2D eigenvalue weighted by Crippen LogP contribution is 2.41. The van der Waals surface area contributed by atoms with Gasteiger partial charge in [0.15, 0.2) is 0 Å². The number of fused-ring (bicyclic) bond motifs is 12. The predicted octanol–water partition coefficient (Wildman–Crippen LogP) is 11.7. The maximum Gasteiger partial charge on any atom is 0.136 e. The van der Waals surface area contributed by atoms with Crippen molar-refractivity contribution in [3.63, 3.8) is 0 Å². The number of nitrogens with zero attached hydrogens (tertiary/aromatic N) is 2. The average molecular weight is 589 g/mol. The van der Waals surface area contributed by atoms with Gasteiger partial charge in [-0.05, 0) is 66.7 Å². The molecule has 0 aliphatic rings. The van der Waals surface area contributed by atoms with Crippen LogP contribution in [0, 0.1) is 0 Å². The molecule has 0 amide bonds. The summed E-state index contributed by atoms with van der Waals surface area (Å²) in [6.45, 7) is 0. The molecule has 0 N–H and O–H groups in total. The van der Waals surface area contributed by atoms with E-state index < -0.39 is 0 Å². The Bertz CT molecular complexity index is 2840. The maximum atomic E-state index is 6.31. The van der Waals surface area contributed by atoms with Gasteiger partial charge in [0.1, 0.15) is 22.3 Å². The molecule has 0 unspecified atom stereocenters. The standard InChI is InChI=1S/C42H24N2O2/c1-5-16-35-27(12-1)31-23-41-33(29-14-3-7-18-39(29)45-41)21-37(31)43(35)25-10-9-11-26(20-25)44-36-17-6-2-13-28(36)32-24-42-34(22-38(32)44)30-15-4-8-19-40(30)46-42/h1-24H. The lowest BCUT2D eigenvalue weighted by molar-refractivity contribution is 0.669. The van der Waals surface area contributed by atoms with Gasteiger partial charge >= 0.3 is 0 Å². The summed E-state index contributed by atoms with van der Waals surface area (Å²) in [6, 6.07) is 51.8. The van der Waals surface area contributed by atoms with E-state index in [9.17, 15) is 0 Å². The third-order valence-electron chi connectivity index (χ3n) is 9.69. The van der Waals surface area contributed by atoms with Gasteiger partial charge in [-0.2, -0.15) is 0 Å². The van der Waals surface area contributed by atoms with Crippen LogP contribution in [0.25, 0.3) is 98.9 Å². The van der Waals surface area contributed by atoms with Gasteiger partial charge in [0.05, 0.1) is 22.1 Å². The van der Waals surface area contributed by atoms with Crippen molar-refractivity contribution in [2.75, 3.05) is 0 Å². The molecule has 0 bridgehead atoms. The highest BCUT2D eigenvalue weighted by molar-refractivity contribution is 6.18. The highest BCUT2D eigenvalue weighted by atomic mass is 16.3. The van der Waals surface area contributed by atoms with Crippen LogP contribution in [0.5, 0.6) is 0 Å². The Labute approximate surface area is 261 Å². The van der Waals surface area contributed by atoms with Gasteiger partial charge in [0.2, 0.25) is 0 Å². The Morgan fingerprint density at radius 2 is 0.717 bits per heavy atom. The van der Waals surface area contributed by atoms with Crippen molar-refractivity contribution in [2.45, 2.75) is 0 Å². The van der Waals surface area contributed by atoms with Gasteiger partial charge in [-0.3, -0.25) is 0 Å². The van der Waals surface area contributed by atoms with E-state index in [1.54, 1.807) is 0 Å². The number of rotatable bonds is 2. The van der Waals surface area contributed by atoms with Crippen molar-refractivity contribution in [3.05, 3.63) is 146 Å². The zero-order valence-electron chi connectivity index (χ0n) is 24.6. The molecule has 4 heteroatoms. The predicted molar refractivity (Wildman–Crippen MR) is 190 cm³/mol. The number of furan rings is 2. The first-order valence-corrected chi connectivity index (χ1v) is 15.6. The Balaban J connectivity index is 1.21. The smallest absolute Gasteiger partial charge is 0.136 e. The van der Waals surface area contributed by atoms with E-state index in [-0.39, 0.29) is 0 Å². The zero-order chi connectivity index (χ0) is 29.9. The summed E-state index contributed by atoms with van der Waals surface area (Å²) in [4.78, 5) is 0. The van der Waals surface area contributed by atoms with Crippen LogP contribution < -0.4 is 0 Å². The van der Waals surface area contributed by atoms with Gasteiger partial charge in [0.25, 0.3) is 0 Å². The fraction of sp³-hybridized carbons (Fsp3) is 0. The summed E-state index contributed by atoms with van der Waals surface area (Å²) in [5.41, 5.74) is 10.5. The molecule has 214 valence electrons. The lowest BCUT2D eigenvalue weighted by atomic mass is 10.1. The molecule has 4 aromatic heterocycles. The van der Waals surface area contributed by atoms with E-state index in [1.807, 2.05) is 24.3 Å². The number of benzene rings is 7. The normalized spacial score (nSPS) is 12.3. The molecule has 0 fully saturated rings. The van der Waals surface area contributed by atoms with E-state index in [0.29, 0.717) is 0 Å². The minimum atomic E-state index is 0.911. The second-order valence-electron chi connectivity index (χ2n) is 12.2. The fourth-order valence-corrected chi connectivity index (χ4v) is 7.70. The molecular weight excluding hydrogens is 564 g/mol. The summed E-state index contributed by atoms with van der Waals surface area (Å²) >= 11 is 0. The Hall–Kier alpha value is -6.26. The number of para-hydroxylation sites is 4. The van der Waals surface area contributed by atoms with Crippen molar-refractivity contribution in [1.82, 2.24) is 9.13 Å². The lowest BCUT2D eigenvalue weighted by Crippen LogP contribution is -1.98. The van der Waals surface area contributed by atoms with E-state index in [2.05, 4.69) is 130 Å². The van der Waals surface area contributed by atoms with Crippen LogP contribution in [0.2, 0.25) is 0 Å². The van der Waals surface area contributed by atoms with Crippen molar-refractivity contribution >= 4 is 87.5 Å². The second kappa shape index (κ2) is 8.68. The number of aromatic nitrogens is 2. The summed E-state index contributed by atoms with van der Waals surface area (Å²) in [7, 11) is 0. The second-order valence-corrected chi connectivity index (χ2v) is 12.2. The number of hydrogen-bond acceptors (Lipinski definition) is 2. The van der Waals surface area contributed by atoms with Crippen LogP contribution in [0.1, 0.15) is 0 Å². The van der Waals surface area contributed by atoms with Gasteiger partial charge in [-0.25, -0.2) is 0 Å². The molecule has 0 saturated heterocycles. The van der Waals surface area contributed by atoms with Gasteiger partial charge < -0.3 is 18.0 Å². The Morgan fingerprint density at radius 3 is 1.22 bits per heavy atom. The summed E-state index contributed by atoms with van der Waals surface area (Å²) in [5, 5.41) is 9.29. The van der Waals surface area contributed by atoms with Crippen LogP contribution in [0.3, 0.4) is 0 Å². The maximum absolute atomic E-state index is 6.31. The Kier molecular flexibility index (Phi) is 4.55. The molecule has 0 spiro atoms. The average Bonchev–Trinajstić information content (AvgIpc) is 3.83. The molecule has 4 heterocycles. The molecule has 46 heavy (non-hydrogen) atoms. The summed E-state index contributed by atoms with van der Waals surface area (Å²) < 4.78 is 17.4. The van der Waals surface area contributed by atoms with Crippen LogP contribution in [0.4, 0.5) is 0 Å². The Morgan fingerprint density at radius 1 is 0.283 bits per heavy atom. The minimum Gasteiger partial charge on any atom is -0.456 e. The van der Waals surface area contributed by atoms with Crippen LogP contribution >= 0.6 is 0 Å². The summed E-state index contributed by atoms with van der Waals surface area (Å²) in [5.74, 6) is 0. The zero-order valence-corrected chi connectivity index (χ0v) is 24.6. The molecular formula is C42H24N2O2.